The average Bonchev–Trinajstić information content (AvgIpc) is 2.58. The molecule has 0 bridgehead atoms. The number of phenolic OH excluding ortho intramolecular Hbond substituents is 1. The number of hydrogen-bond acceptors (Lipinski definition) is 3. The number of hydrogen-bond donors (Lipinski definition) is 1. The van der Waals surface area contributed by atoms with Crippen molar-refractivity contribution in [1.29, 1.82) is 0 Å². The number of carbonyl (C=O) groups is 1. The molecule has 2 rings (SSSR count). The number of phenols is 1. The summed E-state index contributed by atoms with van der Waals surface area (Å²) in [5.74, 6) is -1.18. The molecule has 1 aromatic carbocycles. The van der Waals surface area contributed by atoms with Crippen molar-refractivity contribution < 1.29 is 27.8 Å². The van der Waals surface area contributed by atoms with Gasteiger partial charge in [-0.2, -0.15) is 0 Å². The number of ether oxygens (including phenoxy) is 1. The highest BCUT2D eigenvalue weighted by Gasteiger charge is 2.33. The molecule has 1 fully saturated rings. The number of benzene rings is 1. The fourth-order valence-corrected chi connectivity index (χ4v) is 2.08. The topological polar surface area (TPSA) is 49.8 Å². The van der Waals surface area contributed by atoms with Crippen LogP contribution in [0.5, 0.6) is 11.5 Å². The van der Waals surface area contributed by atoms with Crippen molar-refractivity contribution in [3.8, 4) is 11.5 Å². The van der Waals surface area contributed by atoms with E-state index in [4.69, 9.17) is 11.6 Å². The second-order valence-electron chi connectivity index (χ2n) is 4.00. The summed E-state index contributed by atoms with van der Waals surface area (Å²) in [6.45, 7) is 0.128. The molecule has 104 valence electrons. The predicted molar refractivity (Wildman–Crippen MR) is 61.4 cm³/mol. The van der Waals surface area contributed by atoms with Crippen molar-refractivity contribution in [2.75, 3.05) is 11.4 Å². The summed E-state index contributed by atoms with van der Waals surface area (Å²) in [7, 11) is 0. The Balaban J connectivity index is 2.30. The Bertz CT molecular complexity index is 506. The number of carbonyl (C=O) groups excluding carboxylic acids is 1. The number of rotatable bonds is 2. The van der Waals surface area contributed by atoms with Gasteiger partial charge >= 0.3 is 6.36 Å². The average molecular weight is 296 g/mol. The van der Waals surface area contributed by atoms with Crippen LogP contribution in [0.25, 0.3) is 0 Å². The molecule has 1 saturated heterocycles. The quantitative estimate of drug-likeness (QED) is 0.853. The third-order valence-corrected chi connectivity index (χ3v) is 2.84. The van der Waals surface area contributed by atoms with E-state index in [2.05, 4.69) is 4.74 Å². The molecule has 1 aliphatic heterocycles. The predicted octanol–water partition coefficient (Wildman–Crippen LogP) is 2.63. The van der Waals surface area contributed by atoms with Gasteiger partial charge in [0.2, 0.25) is 5.91 Å². The van der Waals surface area contributed by atoms with Gasteiger partial charge in [-0.3, -0.25) is 4.79 Å². The normalized spacial score (nSPS) is 19.9. The van der Waals surface area contributed by atoms with E-state index in [9.17, 15) is 23.1 Å². The summed E-state index contributed by atoms with van der Waals surface area (Å²) in [6.07, 6.45) is -4.76. The molecular weight excluding hydrogens is 287 g/mol. The smallest absolute Gasteiger partial charge is 0.506 e. The van der Waals surface area contributed by atoms with Gasteiger partial charge in [0.15, 0.2) is 0 Å². The zero-order chi connectivity index (χ0) is 14.2. The van der Waals surface area contributed by atoms with Crippen LogP contribution in [-0.4, -0.2) is 29.3 Å². The molecule has 4 nitrogen and oxygen atoms in total. The molecule has 1 unspecified atom stereocenters. The van der Waals surface area contributed by atoms with E-state index in [1.54, 1.807) is 0 Å². The second kappa shape index (κ2) is 4.80. The van der Waals surface area contributed by atoms with Crippen LogP contribution in [-0.2, 0) is 4.79 Å². The molecule has 1 heterocycles. The number of amides is 1. The molecule has 0 aliphatic carbocycles. The minimum atomic E-state index is -4.84. The summed E-state index contributed by atoms with van der Waals surface area (Å²) in [5.41, 5.74) is -0.0464. The Morgan fingerprint density at radius 3 is 2.63 bits per heavy atom. The SMILES string of the molecule is O=C1CC(Cl)CN1c1cc(OC(F)(F)F)ccc1O. The zero-order valence-corrected chi connectivity index (χ0v) is 10.2. The van der Waals surface area contributed by atoms with Crippen molar-refractivity contribution in [3.63, 3.8) is 0 Å². The number of anilines is 1. The van der Waals surface area contributed by atoms with E-state index in [-0.39, 0.29) is 30.3 Å². The highest BCUT2D eigenvalue weighted by molar-refractivity contribution is 6.24. The van der Waals surface area contributed by atoms with Crippen LogP contribution < -0.4 is 9.64 Å². The van der Waals surface area contributed by atoms with E-state index >= 15 is 0 Å². The van der Waals surface area contributed by atoms with E-state index in [1.807, 2.05) is 0 Å². The lowest BCUT2D eigenvalue weighted by molar-refractivity contribution is -0.274. The Morgan fingerprint density at radius 1 is 1.42 bits per heavy atom. The molecule has 1 aliphatic rings. The van der Waals surface area contributed by atoms with Crippen molar-refractivity contribution in [1.82, 2.24) is 0 Å². The summed E-state index contributed by atoms with van der Waals surface area (Å²) in [4.78, 5) is 12.7. The lowest BCUT2D eigenvalue weighted by atomic mass is 10.2. The van der Waals surface area contributed by atoms with Crippen LogP contribution >= 0.6 is 11.6 Å². The van der Waals surface area contributed by atoms with E-state index in [0.29, 0.717) is 0 Å². The molecule has 1 N–H and O–H groups in total. The summed E-state index contributed by atoms with van der Waals surface area (Å²) in [6, 6.07) is 2.95. The molecule has 8 heteroatoms. The van der Waals surface area contributed by atoms with Gasteiger partial charge in [-0.15, -0.1) is 24.8 Å². The maximum Gasteiger partial charge on any atom is 0.573 e. The summed E-state index contributed by atoms with van der Waals surface area (Å²) < 4.78 is 40.0. The minimum Gasteiger partial charge on any atom is -0.506 e. The molecule has 0 spiro atoms. The van der Waals surface area contributed by atoms with Gasteiger partial charge < -0.3 is 14.7 Å². The van der Waals surface area contributed by atoms with Crippen LogP contribution in [0.2, 0.25) is 0 Å². The standard InChI is InChI=1S/C11H9ClF3NO3/c12-6-3-10(18)16(5-6)8-4-7(1-2-9(8)17)19-11(13,14)15/h1-2,4,6,17H,3,5H2. The van der Waals surface area contributed by atoms with Gasteiger partial charge in [0.05, 0.1) is 11.1 Å². The fourth-order valence-electron chi connectivity index (χ4n) is 1.81. The molecule has 19 heavy (non-hydrogen) atoms. The highest BCUT2D eigenvalue weighted by Crippen LogP contribution is 2.36. The lowest BCUT2D eigenvalue weighted by Gasteiger charge is -2.18. The van der Waals surface area contributed by atoms with Crippen LogP contribution in [0.4, 0.5) is 18.9 Å². The van der Waals surface area contributed by atoms with E-state index < -0.39 is 17.5 Å². The van der Waals surface area contributed by atoms with Crippen molar-refractivity contribution in [2.45, 2.75) is 18.2 Å². The Morgan fingerprint density at radius 2 is 2.11 bits per heavy atom. The maximum atomic E-state index is 12.1. The Labute approximate surface area is 111 Å². The third kappa shape index (κ3) is 3.23. The van der Waals surface area contributed by atoms with E-state index in [0.717, 1.165) is 23.1 Å². The Hall–Kier alpha value is -1.63. The van der Waals surface area contributed by atoms with Gasteiger partial charge in [0.25, 0.3) is 0 Å². The van der Waals surface area contributed by atoms with Crippen molar-refractivity contribution in [2.24, 2.45) is 0 Å². The lowest BCUT2D eigenvalue weighted by Crippen LogP contribution is -2.25. The van der Waals surface area contributed by atoms with Gasteiger partial charge in [-0.25, -0.2) is 0 Å². The summed E-state index contributed by atoms with van der Waals surface area (Å²) >= 11 is 5.79. The van der Waals surface area contributed by atoms with Crippen LogP contribution in [0.3, 0.4) is 0 Å². The first-order chi connectivity index (χ1) is 8.76. The van der Waals surface area contributed by atoms with Crippen LogP contribution in [0.15, 0.2) is 18.2 Å². The van der Waals surface area contributed by atoms with Gasteiger partial charge in [0.1, 0.15) is 11.5 Å². The molecule has 0 radical (unpaired) electrons. The molecule has 0 aromatic heterocycles. The van der Waals surface area contributed by atoms with Gasteiger partial charge in [0, 0.05) is 19.0 Å². The van der Waals surface area contributed by atoms with E-state index in [1.165, 1.54) is 0 Å². The molecule has 1 atom stereocenters. The molecule has 1 amide bonds. The minimum absolute atomic E-state index is 0.0464. The monoisotopic (exact) mass is 295 g/mol. The van der Waals surface area contributed by atoms with Gasteiger partial charge in [-0.05, 0) is 12.1 Å². The molecular formula is C11H9ClF3NO3. The zero-order valence-electron chi connectivity index (χ0n) is 9.45. The number of alkyl halides is 4. The first-order valence-corrected chi connectivity index (χ1v) is 5.73. The fraction of sp³-hybridized carbons (Fsp3) is 0.364. The first-order valence-electron chi connectivity index (χ1n) is 5.29. The Kier molecular flexibility index (Phi) is 3.49. The highest BCUT2D eigenvalue weighted by atomic mass is 35.5. The molecule has 0 saturated carbocycles. The third-order valence-electron chi connectivity index (χ3n) is 2.55. The number of aromatic hydroxyl groups is 1. The first kappa shape index (κ1) is 13.8. The maximum absolute atomic E-state index is 12.1. The largest absolute Gasteiger partial charge is 0.573 e. The van der Waals surface area contributed by atoms with Crippen LogP contribution in [0.1, 0.15) is 6.42 Å². The number of nitrogens with zero attached hydrogens (tertiary/aromatic N) is 1. The summed E-state index contributed by atoms with van der Waals surface area (Å²) in [5, 5.41) is 9.19. The van der Waals surface area contributed by atoms with Crippen LogP contribution in [0, 0.1) is 0 Å². The molecule has 1 aromatic rings. The second-order valence-corrected chi connectivity index (χ2v) is 4.62. The number of halogens is 4. The van der Waals surface area contributed by atoms with Crippen molar-refractivity contribution >= 4 is 23.2 Å². The van der Waals surface area contributed by atoms with Crippen molar-refractivity contribution in [3.05, 3.63) is 18.2 Å². The van der Waals surface area contributed by atoms with Gasteiger partial charge in [-0.1, -0.05) is 0 Å².